The zero-order valence-corrected chi connectivity index (χ0v) is 17.7. The van der Waals surface area contributed by atoms with Crippen LogP contribution in [0.1, 0.15) is 26.4 Å². The fourth-order valence-corrected chi connectivity index (χ4v) is 3.48. The predicted octanol–water partition coefficient (Wildman–Crippen LogP) is 4.74. The molecule has 0 saturated heterocycles. The van der Waals surface area contributed by atoms with Crippen LogP contribution < -0.4 is 10.6 Å². The molecule has 4 rings (SSSR count). The Morgan fingerprint density at radius 1 is 0.844 bits per heavy atom. The molecule has 0 bridgehead atoms. The molecule has 0 atom stereocenters. The van der Waals surface area contributed by atoms with E-state index in [4.69, 9.17) is 17.3 Å². The molecule has 6 nitrogen and oxygen atoms in total. The Morgan fingerprint density at radius 2 is 1.53 bits per heavy atom. The summed E-state index contributed by atoms with van der Waals surface area (Å²) in [5, 5.41) is 0.531. The van der Waals surface area contributed by atoms with E-state index in [9.17, 15) is 9.59 Å². The van der Waals surface area contributed by atoms with Gasteiger partial charge in [0.2, 0.25) is 5.91 Å². The first-order chi connectivity index (χ1) is 15.5. The lowest BCUT2D eigenvalue weighted by molar-refractivity contribution is 0.0978. The summed E-state index contributed by atoms with van der Waals surface area (Å²) in [5.41, 5.74) is 8.86. The first kappa shape index (κ1) is 21.2. The van der Waals surface area contributed by atoms with E-state index in [1.807, 2.05) is 42.5 Å². The van der Waals surface area contributed by atoms with Crippen molar-refractivity contribution in [3.8, 4) is 11.3 Å². The number of rotatable bonds is 6. The van der Waals surface area contributed by atoms with Crippen LogP contribution in [0.15, 0.2) is 91.3 Å². The number of halogens is 1. The second kappa shape index (κ2) is 9.41. The highest BCUT2D eigenvalue weighted by Crippen LogP contribution is 2.32. The van der Waals surface area contributed by atoms with Crippen molar-refractivity contribution in [3.63, 3.8) is 0 Å². The third kappa shape index (κ3) is 4.66. The average molecular weight is 443 g/mol. The molecule has 4 aromatic rings. The quantitative estimate of drug-likeness (QED) is 0.467. The van der Waals surface area contributed by atoms with Crippen molar-refractivity contribution in [1.29, 1.82) is 0 Å². The lowest BCUT2D eigenvalue weighted by atomic mass is 10.1. The van der Waals surface area contributed by atoms with E-state index in [1.165, 1.54) is 12.1 Å². The number of primary amides is 1. The van der Waals surface area contributed by atoms with Gasteiger partial charge in [0, 0.05) is 34.8 Å². The average Bonchev–Trinajstić information content (AvgIpc) is 2.84. The zero-order chi connectivity index (χ0) is 22.5. The first-order valence-electron chi connectivity index (χ1n) is 9.85. The Balaban J connectivity index is 1.76. The molecule has 2 aromatic heterocycles. The van der Waals surface area contributed by atoms with Gasteiger partial charge in [0.1, 0.15) is 0 Å². The molecule has 0 aliphatic carbocycles. The molecule has 158 valence electrons. The smallest absolute Gasteiger partial charge is 0.258 e. The molecule has 0 aliphatic heterocycles. The number of pyridine rings is 2. The van der Waals surface area contributed by atoms with Crippen molar-refractivity contribution >= 4 is 29.1 Å². The Morgan fingerprint density at radius 3 is 2.16 bits per heavy atom. The van der Waals surface area contributed by atoms with Crippen LogP contribution in [-0.4, -0.2) is 21.8 Å². The molecular weight excluding hydrogens is 424 g/mol. The summed E-state index contributed by atoms with van der Waals surface area (Å²) < 4.78 is 0. The van der Waals surface area contributed by atoms with Crippen LogP contribution in [-0.2, 0) is 6.54 Å². The summed E-state index contributed by atoms with van der Waals surface area (Å²) in [6.45, 7) is 0.251. The van der Waals surface area contributed by atoms with E-state index in [0.29, 0.717) is 33.1 Å². The Kier molecular flexibility index (Phi) is 6.24. The van der Waals surface area contributed by atoms with Crippen LogP contribution in [0.3, 0.4) is 0 Å². The van der Waals surface area contributed by atoms with Crippen molar-refractivity contribution in [2.45, 2.75) is 6.54 Å². The summed E-state index contributed by atoms with van der Waals surface area (Å²) in [5.74, 6) is -0.798. The predicted molar refractivity (Wildman–Crippen MR) is 124 cm³/mol. The number of hydrogen-bond donors (Lipinski definition) is 1. The molecule has 0 aliphatic rings. The Hall–Kier alpha value is -4.03. The molecule has 0 unspecified atom stereocenters. The minimum absolute atomic E-state index is 0.249. The molecule has 2 N–H and O–H groups in total. The summed E-state index contributed by atoms with van der Waals surface area (Å²) >= 11 is 6.44. The van der Waals surface area contributed by atoms with E-state index in [2.05, 4.69) is 9.97 Å². The van der Waals surface area contributed by atoms with E-state index in [1.54, 1.807) is 41.6 Å². The molecular formula is C25H19ClN4O2. The second-order valence-corrected chi connectivity index (χ2v) is 7.44. The number of anilines is 1. The van der Waals surface area contributed by atoms with Gasteiger partial charge in [-0.3, -0.25) is 19.6 Å². The van der Waals surface area contributed by atoms with Crippen molar-refractivity contribution in [2.75, 3.05) is 4.90 Å². The van der Waals surface area contributed by atoms with Gasteiger partial charge in [-0.05, 0) is 66.7 Å². The number of carbonyl (C=O) groups is 2. The van der Waals surface area contributed by atoms with Crippen LogP contribution in [0.4, 0.5) is 5.69 Å². The van der Waals surface area contributed by atoms with Crippen LogP contribution in [0.2, 0.25) is 5.02 Å². The van der Waals surface area contributed by atoms with E-state index in [0.717, 1.165) is 5.69 Å². The summed E-state index contributed by atoms with van der Waals surface area (Å²) in [4.78, 5) is 35.2. The minimum atomic E-state index is -0.549. The van der Waals surface area contributed by atoms with Crippen molar-refractivity contribution in [2.24, 2.45) is 5.73 Å². The lowest BCUT2D eigenvalue weighted by Gasteiger charge is -2.24. The van der Waals surface area contributed by atoms with Crippen LogP contribution in [0.5, 0.6) is 0 Å². The molecule has 2 heterocycles. The molecule has 0 saturated carbocycles. The van der Waals surface area contributed by atoms with Crippen LogP contribution in [0.25, 0.3) is 11.3 Å². The largest absolute Gasteiger partial charge is 0.366 e. The monoisotopic (exact) mass is 442 g/mol. The number of nitrogens with two attached hydrogens (primary N) is 1. The highest BCUT2D eigenvalue weighted by Gasteiger charge is 2.20. The summed E-state index contributed by atoms with van der Waals surface area (Å²) in [7, 11) is 0. The maximum Gasteiger partial charge on any atom is 0.258 e. The van der Waals surface area contributed by atoms with Gasteiger partial charge in [0.05, 0.1) is 23.0 Å². The Labute approximate surface area is 190 Å². The third-order valence-corrected chi connectivity index (χ3v) is 5.24. The van der Waals surface area contributed by atoms with E-state index >= 15 is 0 Å². The van der Waals surface area contributed by atoms with Gasteiger partial charge < -0.3 is 10.6 Å². The number of carbonyl (C=O) groups excluding carboxylic acids is 2. The topological polar surface area (TPSA) is 89.2 Å². The molecule has 2 aromatic carbocycles. The maximum absolute atomic E-state index is 13.5. The van der Waals surface area contributed by atoms with Gasteiger partial charge in [-0.25, -0.2) is 0 Å². The number of amides is 2. The standard InChI is InChI=1S/C25H19ClN4O2/c26-22-12-11-20(15-21(22)23-6-2-4-14-29-23)30(16-19-5-1-3-13-28-19)25(32)18-9-7-17(8-10-18)24(27)31/h1-15H,16H2,(H2,27,31). The van der Waals surface area contributed by atoms with E-state index < -0.39 is 5.91 Å². The SMILES string of the molecule is NC(=O)c1ccc(C(=O)N(Cc2ccccn2)c2ccc(Cl)c(-c3ccccn3)c2)cc1. The van der Waals surface area contributed by atoms with Crippen molar-refractivity contribution in [3.05, 3.63) is 113 Å². The minimum Gasteiger partial charge on any atom is -0.366 e. The van der Waals surface area contributed by atoms with Gasteiger partial charge in [0.15, 0.2) is 0 Å². The number of hydrogen-bond acceptors (Lipinski definition) is 4. The molecule has 2 amide bonds. The first-order valence-corrected chi connectivity index (χ1v) is 10.2. The maximum atomic E-state index is 13.5. The van der Waals surface area contributed by atoms with Gasteiger partial charge in [-0.1, -0.05) is 23.7 Å². The highest BCUT2D eigenvalue weighted by atomic mass is 35.5. The second-order valence-electron chi connectivity index (χ2n) is 7.03. The number of aromatic nitrogens is 2. The fraction of sp³-hybridized carbons (Fsp3) is 0.0400. The van der Waals surface area contributed by atoms with Gasteiger partial charge in [-0.2, -0.15) is 0 Å². The van der Waals surface area contributed by atoms with Crippen molar-refractivity contribution in [1.82, 2.24) is 9.97 Å². The number of nitrogens with zero attached hydrogens (tertiary/aromatic N) is 3. The van der Waals surface area contributed by atoms with Crippen LogP contribution in [0, 0.1) is 0 Å². The fourth-order valence-electron chi connectivity index (χ4n) is 3.27. The third-order valence-electron chi connectivity index (χ3n) is 4.91. The normalized spacial score (nSPS) is 10.5. The van der Waals surface area contributed by atoms with E-state index in [-0.39, 0.29) is 12.5 Å². The summed E-state index contributed by atoms with van der Waals surface area (Å²) in [6.07, 6.45) is 3.37. The molecule has 0 radical (unpaired) electrons. The highest BCUT2D eigenvalue weighted by molar-refractivity contribution is 6.33. The molecule has 0 fully saturated rings. The van der Waals surface area contributed by atoms with Crippen molar-refractivity contribution < 1.29 is 9.59 Å². The van der Waals surface area contributed by atoms with Gasteiger partial charge in [-0.15, -0.1) is 0 Å². The van der Waals surface area contributed by atoms with Gasteiger partial charge >= 0.3 is 0 Å². The zero-order valence-electron chi connectivity index (χ0n) is 17.0. The summed E-state index contributed by atoms with van der Waals surface area (Å²) in [6, 6.07) is 22.7. The van der Waals surface area contributed by atoms with Gasteiger partial charge in [0.25, 0.3) is 5.91 Å². The number of benzene rings is 2. The lowest BCUT2D eigenvalue weighted by Crippen LogP contribution is -2.31. The molecule has 0 spiro atoms. The Bertz CT molecular complexity index is 1250. The molecule has 32 heavy (non-hydrogen) atoms. The molecule has 7 heteroatoms. The van der Waals surface area contributed by atoms with Crippen LogP contribution >= 0.6 is 11.6 Å².